The number of fused-ring (bicyclic) bond motifs is 12. The summed E-state index contributed by atoms with van der Waals surface area (Å²) in [6.45, 7) is 9.36. The summed E-state index contributed by atoms with van der Waals surface area (Å²) in [6.07, 6.45) is 0. The highest BCUT2D eigenvalue weighted by Crippen LogP contribution is 2.60. The molecule has 0 fully saturated rings. The first kappa shape index (κ1) is 37.1. The molecule has 0 spiro atoms. The van der Waals surface area contributed by atoms with Crippen LogP contribution in [0.2, 0.25) is 0 Å². The maximum atomic E-state index is 10.7. The zero-order valence-corrected chi connectivity index (χ0v) is 37.2. The van der Waals surface area contributed by atoms with Crippen molar-refractivity contribution in [1.82, 2.24) is 0 Å². The standard InChI is InChI=1S/C58H38N4S2/c1-57(2)43-15-7-9-17-47(43)61(49-27-39-35-13-5-11-19-51(35)63-53(39)29-45(49)57)55-37-23-21-34(32-60)26-42(37)56(38-24-22-33(31-59)25-41(38)55)62-48-18-10-8-16-44(48)58(3,4)46-30-54-40(28-50(46)62)36-14-6-12-20-52(36)64-54/h5-30H,1-4H3. The van der Waals surface area contributed by atoms with Crippen LogP contribution in [-0.4, -0.2) is 0 Å². The van der Waals surface area contributed by atoms with Gasteiger partial charge in [0.1, 0.15) is 0 Å². The number of thiophene rings is 2. The summed E-state index contributed by atoms with van der Waals surface area (Å²) in [5.74, 6) is 0. The molecule has 0 aliphatic carbocycles. The second kappa shape index (κ2) is 13.0. The van der Waals surface area contributed by atoms with E-state index in [2.05, 4.69) is 195 Å². The molecule has 2 aliphatic heterocycles. The molecule has 4 heterocycles. The Morgan fingerprint density at radius 3 is 1.20 bits per heavy atom. The van der Waals surface area contributed by atoms with Crippen LogP contribution in [0.3, 0.4) is 0 Å². The molecule has 302 valence electrons. The Kier molecular flexibility index (Phi) is 7.56. The minimum atomic E-state index is -0.310. The molecule has 6 heteroatoms. The van der Waals surface area contributed by atoms with Crippen molar-refractivity contribution >= 4 is 119 Å². The number of benzene rings is 9. The number of hydrogen-bond donors (Lipinski definition) is 0. The van der Waals surface area contributed by atoms with Crippen molar-refractivity contribution in [3.8, 4) is 12.1 Å². The summed E-state index contributed by atoms with van der Waals surface area (Å²) in [6, 6.07) is 62.0. The third-order valence-electron chi connectivity index (χ3n) is 14.2. The van der Waals surface area contributed by atoms with Gasteiger partial charge in [0.15, 0.2) is 0 Å². The molecule has 0 amide bonds. The predicted octanol–water partition coefficient (Wildman–Crippen LogP) is 16.7. The molecule has 0 radical (unpaired) electrons. The van der Waals surface area contributed by atoms with Gasteiger partial charge in [-0.2, -0.15) is 10.5 Å². The van der Waals surface area contributed by atoms with Crippen LogP contribution >= 0.6 is 22.7 Å². The Hall–Kier alpha value is -7.48. The van der Waals surface area contributed by atoms with Crippen LogP contribution in [0.15, 0.2) is 158 Å². The van der Waals surface area contributed by atoms with Gasteiger partial charge in [0, 0.05) is 72.7 Å². The van der Waals surface area contributed by atoms with E-state index >= 15 is 0 Å². The summed E-state index contributed by atoms with van der Waals surface area (Å²) in [4.78, 5) is 4.93. The molecule has 13 rings (SSSR count). The number of hydrogen-bond acceptors (Lipinski definition) is 6. The van der Waals surface area contributed by atoms with Crippen LogP contribution in [-0.2, 0) is 10.8 Å². The van der Waals surface area contributed by atoms with Gasteiger partial charge in [-0.05, 0) is 95.1 Å². The van der Waals surface area contributed by atoms with Gasteiger partial charge >= 0.3 is 0 Å². The largest absolute Gasteiger partial charge is 0.309 e. The minimum Gasteiger partial charge on any atom is -0.309 e. The molecule has 0 bridgehead atoms. The molecule has 11 aromatic rings. The fourth-order valence-corrected chi connectivity index (χ4v) is 13.4. The first-order valence-electron chi connectivity index (χ1n) is 21.7. The van der Waals surface area contributed by atoms with Crippen LogP contribution in [0, 0.1) is 22.7 Å². The number of para-hydroxylation sites is 2. The molecule has 0 saturated carbocycles. The second-order valence-electron chi connectivity index (χ2n) is 18.3. The summed E-state index contributed by atoms with van der Waals surface area (Å²) >= 11 is 3.69. The quantitative estimate of drug-likeness (QED) is 0.163. The average molecular weight is 855 g/mol. The third-order valence-corrected chi connectivity index (χ3v) is 16.5. The number of rotatable bonds is 2. The fraction of sp³-hybridized carbons (Fsp3) is 0.103. The molecule has 0 unspecified atom stereocenters. The van der Waals surface area contributed by atoms with Gasteiger partial charge in [-0.25, -0.2) is 0 Å². The molecule has 0 saturated heterocycles. The van der Waals surface area contributed by atoms with E-state index in [1.807, 2.05) is 34.8 Å². The maximum Gasteiger partial charge on any atom is 0.0991 e. The van der Waals surface area contributed by atoms with Gasteiger partial charge in [0.25, 0.3) is 0 Å². The monoisotopic (exact) mass is 854 g/mol. The molecule has 0 N–H and O–H groups in total. The van der Waals surface area contributed by atoms with Crippen LogP contribution < -0.4 is 9.80 Å². The van der Waals surface area contributed by atoms with Gasteiger partial charge in [0.2, 0.25) is 0 Å². The predicted molar refractivity (Wildman–Crippen MR) is 270 cm³/mol. The molecule has 2 aromatic heterocycles. The highest BCUT2D eigenvalue weighted by Gasteiger charge is 2.41. The van der Waals surface area contributed by atoms with E-state index in [4.69, 9.17) is 0 Å². The van der Waals surface area contributed by atoms with Gasteiger partial charge in [0.05, 0.1) is 57.4 Å². The van der Waals surface area contributed by atoms with Crippen molar-refractivity contribution in [3.05, 3.63) is 191 Å². The molecule has 4 nitrogen and oxygen atoms in total. The van der Waals surface area contributed by atoms with E-state index in [0.717, 1.165) is 55.7 Å². The Balaban J connectivity index is 1.20. The highest BCUT2D eigenvalue weighted by molar-refractivity contribution is 7.26. The number of anilines is 6. The molecular formula is C58H38N4S2. The Morgan fingerprint density at radius 2 is 0.766 bits per heavy atom. The fourth-order valence-electron chi connectivity index (χ4n) is 11.1. The lowest BCUT2D eigenvalue weighted by atomic mass is 9.72. The van der Waals surface area contributed by atoms with Crippen molar-refractivity contribution < 1.29 is 0 Å². The lowest BCUT2D eigenvalue weighted by molar-refractivity contribution is 0.633. The molecular weight excluding hydrogens is 817 g/mol. The second-order valence-corrected chi connectivity index (χ2v) is 20.5. The topological polar surface area (TPSA) is 54.1 Å². The Bertz CT molecular complexity index is 3710. The van der Waals surface area contributed by atoms with E-state index in [1.54, 1.807) is 0 Å². The van der Waals surface area contributed by atoms with E-state index in [0.29, 0.717) is 11.1 Å². The summed E-state index contributed by atoms with van der Waals surface area (Å²) in [5.41, 5.74) is 11.9. The minimum absolute atomic E-state index is 0.310. The Morgan fingerprint density at radius 1 is 0.359 bits per heavy atom. The van der Waals surface area contributed by atoms with Crippen molar-refractivity contribution in [3.63, 3.8) is 0 Å². The Labute approximate surface area is 378 Å². The van der Waals surface area contributed by atoms with Crippen LogP contribution in [0.5, 0.6) is 0 Å². The van der Waals surface area contributed by atoms with Gasteiger partial charge < -0.3 is 9.80 Å². The third kappa shape index (κ3) is 4.90. The van der Waals surface area contributed by atoms with Gasteiger partial charge in [-0.3, -0.25) is 0 Å². The lowest BCUT2D eigenvalue weighted by Gasteiger charge is -2.44. The first-order chi connectivity index (χ1) is 31.1. The maximum absolute atomic E-state index is 10.7. The number of nitrogens with zero attached hydrogens (tertiary/aromatic N) is 4. The smallest absolute Gasteiger partial charge is 0.0991 e. The van der Waals surface area contributed by atoms with Gasteiger partial charge in [-0.1, -0.05) is 113 Å². The zero-order chi connectivity index (χ0) is 43.2. The van der Waals surface area contributed by atoms with Crippen LogP contribution in [0.4, 0.5) is 34.1 Å². The van der Waals surface area contributed by atoms with Crippen LogP contribution in [0.1, 0.15) is 61.1 Å². The summed E-state index contributed by atoms with van der Waals surface area (Å²) in [7, 11) is 0. The highest BCUT2D eigenvalue weighted by atomic mass is 32.1. The summed E-state index contributed by atoms with van der Waals surface area (Å²) < 4.78 is 5.06. The van der Waals surface area contributed by atoms with Crippen molar-refractivity contribution in [2.24, 2.45) is 0 Å². The van der Waals surface area contributed by atoms with Gasteiger partial charge in [-0.15, -0.1) is 22.7 Å². The average Bonchev–Trinajstić information content (AvgIpc) is 3.88. The van der Waals surface area contributed by atoms with Crippen LogP contribution in [0.25, 0.3) is 61.9 Å². The van der Waals surface area contributed by atoms with Crippen molar-refractivity contribution in [2.75, 3.05) is 9.80 Å². The molecule has 0 atom stereocenters. The lowest BCUT2D eigenvalue weighted by Crippen LogP contribution is -2.31. The van der Waals surface area contributed by atoms with E-state index in [1.165, 1.54) is 62.6 Å². The van der Waals surface area contributed by atoms with E-state index in [9.17, 15) is 10.5 Å². The summed E-state index contributed by atoms with van der Waals surface area (Å²) in [5, 5.41) is 30.2. The van der Waals surface area contributed by atoms with Crippen molar-refractivity contribution in [2.45, 2.75) is 38.5 Å². The normalized spacial score (nSPS) is 14.7. The van der Waals surface area contributed by atoms with Crippen molar-refractivity contribution in [1.29, 1.82) is 10.5 Å². The molecule has 2 aliphatic rings. The SMILES string of the molecule is CC1(C)c2ccccc2N(c2c3ccc(C#N)cc3c(N3c4ccccc4C(C)(C)c4cc5sc6ccccc6c5cc43)c3ccc(C#N)cc23)c2cc3c(cc21)sc1ccccc13. The molecule has 9 aromatic carbocycles. The number of nitriles is 2. The molecule has 64 heavy (non-hydrogen) atoms. The van der Waals surface area contributed by atoms with E-state index < -0.39 is 0 Å². The first-order valence-corrected chi connectivity index (χ1v) is 23.3. The van der Waals surface area contributed by atoms with E-state index in [-0.39, 0.29) is 10.8 Å². The zero-order valence-electron chi connectivity index (χ0n) is 35.6.